The van der Waals surface area contributed by atoms with E-state index in [2.05, 4.69) is 0 Å². The normalized spacial score (nSPS) is 12.6. The first kappa shape index (κ1) is 14.2. The summed E-state index contributed by atoms with van der Waals surface area (Å²) in [5, 5.41) is 6.77. The van der Waals surface area contributed by atoms with Gasteiger partial charge in [-0.3, -0.25) is 4.79 Å². The maximum absolute atomic E-state index is 11.7. The lowest BCUT2D eigenvalue weighted by molar-refractivity contribution is -0.114. The number of fused-ring (bicyclic) bond motifs is 1. The molecule has 0 saturated heterocycles. The van der Waals surface area contributed by atoms with Crippen molar-refractivity contribution in [2.75, 3.05) is 0 Å². The fourth-order valence-electron chi connectivity index (χ4n) is 1.96. The van der Waals surface area contributed by atoms with Gasteiger partial charge in [-0.05, 0) is 29.8 Å². The molecule has 1 amide bonds. The van der Waals surface area contributed by atoms with Crippen molar-refractivity contribution in [3.8, 4) is 0 Å². The fraction of sp³-hybridized carbons (Fsp3) is 0.0714. The molecule has 2 aromatic rings. The molecular formula is C14H14N2O3S. The highest BCUT2D eigenvalue weighted by molar-refractivity contribution is 7.89. The van der Waals surface area contributed by atoms with Gasteiger partial charge in [0.05, 0.1) is 4.90 Å². The Balaban J connectivity index is 2.89. The number of sulfonamides is 1. The third-order valence-electron chi connectivity index (χ3n) is 2.99. The first-order chi connectivity index (χ1) is 9.30. The van der Waals surface area contributed by atoms with Crippen LogP contribution in [0.1, 0.15) is 12.5 Å². The van der Waals surface area contributed by atoms with Gasteiger partial charge < -0.3 is 5.73 Å². The lowest BCUT2D eigenvalue weighted by atomic mass is 10.0. The molecule has 4 N–H and O–H groups in total. The summed E-state index contributed by atoms with van der Waals surface area (Å²) in [6.07, 6.45) is 1.45. The van der Waals surface area contributed by atoms with Crippen molar-refractivity contribution in [2.45, 2.75) is 11.8 Å². The Bertz CT molecular complexity index is 823. The zero-order valence-corrected chi connectivity index (χ0v) is 11.6. The summed E-state index contributed by atoms with van der Waals surface area (Å²) in [5.74, 6) is -0.613. The van der Waals surface area contributed by atoms with Crippen LogP contribution in [-0.2, 0) is 14.8 Å². The number of carbonyl (C=O) groups is 1. The van der Waals surface area contributed by atoms with E-state index in [0.717, 1.165) is 5.39 Å². The molecule has 104 valence electrons. The van der Waals surface area contributed by atoms with Crippen molar-refractivity contribution >= 4 is 32.8 Å². The highest BCUT2D eigenvalue weighted by Crippen LogP contribution is 2.27. The average molecular weight is 290 g/mol. The van der Waals surface area contributed by atoms with Crippen molar-refractivity contribution in [3.63, 3.8) is 0 Å². The molecule has 0 unspecified atom stereocenters. The van der Waals surface area contributed by atoms with Crippen LogP contribution in [0.15, 0.2) is 46.9 Å². The van der Waals surface area contributed by atoms with E-state index < -0.39 is 15.9 Å². The number of hydrogen-bond acceptors (Lipinski definition) is 3. The Hall–Kier alpha value is -2.18. The number of hydrogen-bond donors (Lipinski definition) is 2. The molecule has 5 nitrogen and oxygen atoms in total. The number of benzene rings is 2. The van der Waals surface area contributed by atoms with Crippen LogP contribution in [0.4, 0.5) is 0 Å². The fourth-order valence-corrected chi connectivity index (χ4v) is 2.69. The van der Waals surface area contributed by atoms with Gasteiger partial charge in [-0.2, -0.15) is 0 Å². The van der Waals surface area contributed by atoms with E-state index in [9.17, 15) is 13.2 Å². The summed E-state index contributed by atoms with van der Waals surface area (Å²) in [7, 11) is -3.89. The van der Waals surface area contributed by atoms with Gasteiger partial charge in [0.2, 0.25) is 15.9 Å². The topological polar surface area (TPSA) is 103 Å². The van der Waals surface area contributed by atoms with E-state index in [0.29, 0.717) is 10.9 Å². The summed E-state index contributed by atoms with van der Waals surface area (Å²) in [6, 6.07) is 10.3. The van der Waals surface area contributed by atoms with Gasteiger partial charge in [0.15, 0.2) is 0 Å². The van der Waals surface area contributed by atoms with Gasteiger partial charge in [0.25, 0.3) is 0 Å². The second kappa shape index (κ2) is 5.07. The van der Waals surface area contributed by atoms with Crippen LogP contribution in [0.25, 0.3) is 16.8 Å². The number of primary amides is 1. The highest BCUT2D eigenvalue weighted by atomic mass is 32.2. The summed E-state index contributed by atoms with van der Waals surface area (Å²) in [4.78, 5) is 11.1. The molecule has 0 saturated carbocycles. The van der Waals surface area contributed by atoms with Crippen LogP contribution < -0.4 is 10.9 Å². The summed E-state index contributed by atoms with van der Waals surface area (Å²) in [5.41, 5.74) is 5.83. The van der Waals surface area contributed by atoms with Crippen molar-refractivity contribution in [1.82, 2.24) is 0 Å². The maximum Gasteiger partial charge on any atom is 0.244 e. The molecule has 0 aliphatic carbocycles. The monoisotopic (exact) mass is 290 g/mol. The van der Waals surface area contributed by atoms with Gasteiger partial charge >= 0.3 is 0 Å². The summed E-state index contributed by atoms with van der Waals surface area (Å²) < 4.78 is 23.4. The average Bonchev–Trinajstić information content (AvgIpc) is 2.37. The van der Waals surface area contributed by atoms with Crippen molar-refractivity contribution in [3.05, 3.63) is 47.5 Å². The van der Waals surface area contributed by atoms with Crippen molar-refractivity contribution in [1.29, 1.82) is 0 Å². The van der Waals surface area contributed by atoms with Crippen LogP contribution in [0.2, 0.25) is 0 Å². The zero-order valence-electron chi connectivity index (χ0n) is 10.8. The molecule has 2 rings (SSSR count). The van der Waals surface area contributed by atoms with Crippen LogP contribution in [0.3, 0.4) is 0 Å². The molecule has 0 aliphatic heterocycles. The predicted octanol–water partition coefficient (Wildman–Crippen LogP) is 1.38. The smallest absolute Gasteiger partial charge is 0.244 e. The van der Waals surface area contributed by atoms with E-state index >= 15 is 0 Å². The SMILES string of the molecule is CC(=Cc1c(S(N)(=O)=O)ccc2ccccc12)C(N)=O. The largest absolute Gasteiger partial charge is 0.366 e. The predicted molar refractivity (Wildman–Crippen MR) is 78.2 cm³/mol. The van der Waals surface area contributed by atoms with E-state index in [-0.39, 0.29) is 10.5 Å². The molecular weight excluding hydrogens is 276 g/mol. The van der Waals surface area contributed by atoms with E-state index in [4.69, 9.17) is 10.9 Å². The Morgan fingerprint density at radius 1 is 1.15 bits per heavy atom. The summed E-state index contributed by atoms with van der Waals surface area (Å²) in [6.45, 7) is 1.52. The number of amides is 1. The Morgan fingerprint density at radius 3 is 2.40 bits per heavy atom. The molecule has 6 heteroatoms. The number of carbonyl (C=O) groups excluding carboxylic acids is 1. The molecule has 0 aliphatic rings. The molecule has 0 heterocycles. The van der Waals surface area contributed by atoms with Gasteiger partial charge in [0, 0.05) is 11.1 Å². The quantitative estimate of drug-likeness (QED) is 0.834. The minimum atomic E-state index is -3.89. The Morgan fingerprint density at radius 2 is 1.80 bits per heavy atom. The van der Waals surface area contributed by atoms with Crippen LogP contribution in [0, 0.1) is 0 Å². The van der Waals surface area contributed by atoms with Gasteiger partial charge in [-0.1, -0.05) is 30.3 Å². The minimum Gasteiger partial charge on any atom is -0.366 e. The van der Waals surface area contributed by atoms with E-state index in [1.54, 1.807) is 18.2 Å². The molecule has 0 fully saturated rings. The maximum atomic E-state index is 11.7. The summed E-state index contributed by atoms with van der Waals surface area (Å²) >= 11 is 0. The molecule has 0 spiro atoms. The second-order valence-electron chi connectivity index (χ2n) is 4.44. The molecule has 0 atom stereocenters. The van der Waals surface area contributed by atoms with Crippen molar-refractivity contribution < 1.29 is 13.2 Å². The second-order valence-corrected chi connectivity index (χ2v) is 5.96. The van der Waals surface area contributed by atoms with Crippen LogP contribution in [0.5, 0.6) is 0 Å². The lowest BCUT2D eigenvalue weighted by Crippen LogP contribution is -2.15. The molecule has 0 aromatic heterocycles. The van der Waals surface area contributed by atoms with Crippen LogP contribution in [-0.4, -0.2) is 14.3 Å². The Kier molecular flexibility index (Phi) is 3.61. The first-order valence-corrected chi connectivity index (χ1v) is 7.38. The third-order valence-corrected chi connectivity index (χ3v) is 3.96. The van der Waals surface area contributed by atoms with Crippen LogP contribution >= 0.6 is 0 Å². The number of nitrogens with two attached hydrogens (primary N) is 2. The Labute approximate surface area is 116 Å². The number of rotatable bonds is 3. The van der Waals surface area contributed by atoms with Gasteiger partial charge in [-0.25, -0.2) is 13.6 Å². The van der Waals surface area contributed by atoms with Gasteiger partial charge in [0.1, 0.15) is 0 Å². The highest BCUT2D eigenvalue weighted by Gasteiger charge is 2.15. The van der Waals surface area contributed by atoms with Crippen molar-refractivity contribution in [2.24, 2.45) is 10.9 Å². The van der Waals surface area contributed by atoms with E-state index in [1.165, 1.54) is 19.1 Å². The van der Waals surface area contributed by atoms with E-state index in [1.807, 2.05) is 12.1 Å². The molecule has 0 radical (unpaired) electrons. The number of primary sulfonamides is 1. The lowest BCUT2D eigenvalue weighted by Gasteiger charge is -2.09. The zero-order chi connectivity index (χ0) is 14.9. The molecule has 0 bridgehead atoms. The molecule has 2 aromatic carbocycles. The minimum absolute atomic E-state index is 0.0307. The first-order valence-electron chi connectivity index (χ1n) is 5.83. The standard InChI is InChI=1S/C14H14N2O3S/c1-9(14(15)17)8-12-11-5-3-2-4-10(11)6-7-13(12)20(16,18)19/h2-8H,1H3,(H2,15,17)(H2,16,18,19). The van der Waals surface area contributed by atoms with Gasteiger partial charge in [-0.15, -0.1) is 0 Å². The molecule has 20 heavy (non-hydrogen) atoms. The third kappa shape index (κ3) is 2.71.